The van der Waals surface area contributed by atoms with Crippen molar-refractivity contribution in [2.24, 2.45) is 0 Å². The van der Waals surface area contributed by atoms with Gasteiger partial charge in [-0.1, -0.05) is 24.1 Å². The molecule has 0 spiro atoms. The predicted molar refractivity (Wildman–Crippen MR) is 75.9 cm³/mol. The van der Waals surface area contributed by atoms with Gasteiger partial charge in [0.15, 0.2) is 0 Å². The van der Waals surface area contributed by atoms with E-state index in [0.717, 1.165) is 24.8 Å². The predicted octanol–water partition coefficient (Wildman–Crippen LogP) is 2.27. The molecule has 2 saturated heterocycles. The molecule has 2 aliphatic heterocycles. The molecule has 0 aromatic heterocycles. The van der Waals surface area contributed by atoms with Crippen LogP contribution in [-0.4, -0.2) is 30.6 Å². The third kappa shape index (κ3) is 2.29. The van der Waals surface area contributed by atoms with Crippen LogP contribution < -0.4 is 0 Å². The number of Topliss-reactive ketones (excluding diaryl/α,β-unsaturated/α-hetero) is 1. The summed E-state index contributed by atoms with van der Waals surface area (Å²) in [7, 11) is -3.48. The number of ketones is 1. The molecular formula is C15H19NO3S. The Balaban J connectivity index is 1.98. The highest BCUT2D eigenvalue weighted by atomic mass is 32.2. The Morgan fingerprint density at radius 1 is 1.05 bits per heavy atom. The number of benzene rings is 1. The van der Waals surface area contributed by atoms with Crippen LogP contribution in [0.3, 0.4) is 0 Å². The monoisotopic (exact) mass is 293 g/mol. The number of fused-ring (bicyclic) bond motifs is 2. The van der Waals surface area contributed by atoms with Gasteiger partial charge in [0.25, 0.3) is 0 Å². The van der Waals surface area contributed by atoms with Gasteiger partial charge in [0.1, 0.15) is 5.78 Å². The first-order valence-corrected chi connectivity index (χ1v) is 8.54. The number of carbonyl (C=O) groups is 1. The van der Waals surface area contributed by atoms with E-state index in [1.54, 1.807) is 16.4 Å². The number of aryl methyl sites for hydroxylation is 1. The van der Waals surface area contributed by atoms with Crippen molar-refractivity contribution in [2.75, 3.05) is 0 Å². The van der Waals surface area contributed by atoms with Crippen LogP contribution in [-0.2, 0) is 14.8 Å². The van der Waals surface area contributed by atoms with Crippen molar-refractivity contribution in [3.63, 3.8) is 0 Å². The summed E-state index contributed by atoms with van der Waals surface area (Å²) in [6, 6.07) is 6.69. The van der Waals surface area contributed by atoms with Gasteiger partial charge < -0.3 is 0 Å². The molecule has 108 valence electrons. The summed E-state index contributed by atoms with van der Waals surface area (Å²) in [5.41, 5.74) is 1.04. The fourth-order valence-corrected chi connectivity index (χ4v) is 5.23. The van der Waals surface area contributed by atoms with E-state index in [1.165, 1.54) is 0 Å². The van der Waals surface area contributed by atoms with Crippen LogP contribution in [0.2, 0.25) is 0 Å². The van der Waals surface area contributed by atoms with Crippen LogP contribution in [0.1, 0.15) is 37.7 Å². The van der Waals surface area contributed by atoms with Crippen LogP contribution in [0.25, 0.3) is 0 Å². The maximum atomic E-state index is 12.8. The average Bonchev–Trinajstić information content (AvgIpc) is 2.37. The fourth-order valence-electron chi connectivity index (χ4n) is 3.36. The van der Waals surface area contributed by atoms with Crippen LogP contribution >= 0.6 is 0 Å². The van der Waals surface area contributed by atoms with E-state index in [9.17, 15) is 13.2 Å². The molecule has 0 amide bonds. The Bertz CT molecular complexity index is 605. The summed E-state index contributed by atoms with van der Waals surface area (Å²) < 4.78 is 27.3. The van der Waals surface area contributed by atoms with E-state index in [4.69, 9.17) is 0 Å². The van der Waals surface area contributed by atoms with Gasteiger partial charge in [0.2, 0.25) is 10.0 Å². The minimum atomic E-state index is -3.48. The molecule has 2 heterocycles. The molecule has 0 radical (unpaired) electrons. The van der Waals surface area contributed by atoms with Gasteiger partial charge >= 0.3 is 0 Å². The summed E-state index contributed by atoms with van der Waals surface area (Å²) >= 11 is 0. The SMILES string of the molecule is Cc1ccc(S(=O)(=O)N2C3CCCC2CC(=O)C3)cc1. The van der Waals surface area contributed by atoms with Crippen molar-refractivity contribution in [1.29, 1.82) is 0 Å². The number of rotatable bonds is 2. The Labute approximate surface area is 119 Å². The molecule has 5 heteroatoms. The van der Waals surface area contributed by atoms with Crippen molar-refractivity contribution in [3.8, 4) is 0 Å². The number of nitrogens with zero attached hydrogens (tertiary/aromatic N) is 1. The first kappa shape index (κ1) is 13.8. The van der Waals surface area contributed by atoms with Crippen molar-refractivity contribution >= 4 is 15.8 Å². The van der Waals surface area contributed by atoms with Crippen molar-refractivity contribution in [2.45, 2.75) is 56.0 Å². The molecular weight excluding hydrogens is 274 g/mol. The summed E-state index contributed by atoms with van der Waals surface area (Å²) in [5.74, 6) is 0.204. The molecule has 20 heavy (non-hydrogen) atoms. The largest absolute Gasteiger partial charge is 0.300 e. The quantitative estimate of drug-likeness (QED) is 0.840. The van der Waals surface area contributed by atoms with Gasteiger partial charge in [-0.3, -0.25) is 4.79 Å². The molecule has 0 N–H and O–H groups in total. The second-order valence-electron chi connectivity index (χ2n) is 5.83. The highest BCUT2D eigenvalue weighted by Gasteiger charge is 2.44. The average molecular weight is 293 g/mol. The molecule has 2 bridgehead atoms. The van der Waals surface area contributed by atoms with Gasteiger partial charge in [-0.2, -0.15) is 4.31 Å². The Morgan fingerprint density at radius 2 is 1.60 bits per heavy atom. The zero-order chi connectivity index (χ0) is 14.3. The minimum Gasteiger partial charge on any atom is -0.300 e. The van der Waals surface area contributed by atoms with Crippen LogP contribution in [0, 0.1) is 6.92 Å². The molecule has 1 aromatic rings. The van der Waals surface area contributed by atoms with E-state index >= 15 is 0 Å². The van der Waals surface area contributed by atoms with E-state index in [1.807, 2.05) is 19.1 Å². The minimum absolute atomic E-state index is 0.138. The molecule has 0 aliphatic carbocycles. The molecule has 2 aliphatic rings. The normalized spacial score (nSPS) is 27.6. The van der Waals surface area contributed by atoms with Crippen LogP contribution in [0.4, 0.5) is 0 Å². The van der Waals surface area contributed by atoms with E-state index in [2.05, 4.69) is 0 Å². The molecule has 2 fully saturated rings. The van der Waals surface area contributed by atoms with Crippen molar-refractivity contribution < 1.29 is 13.2 Å². The van der Waals surface area contributed by atoms with Gasteiger partial charge in [-0.05, 0) is 31.9 Å². The zero-order valence-corrected chi connectivity index (χ0v) is 12.4. The second-order valence-corrected chi connectivity index (χ2v) is 7.68. The molecule has 2 atom stereocenters. The lowest BCUT2D eigenvalue weighted by Crippen LogP contribution is -2.54. The molecule has 1 aromatic carbocycles. The van der Waals surface area contributed by atoms with Gasteiger partial charge in [0, 0.05) is 24.9 Å². The Kier molecular flexibility index (Phi) is 3.42. The van der Waals surface area contributed by atoms with Crippen molar-refractivity contribution in [3.05, 3.63) is 29.8 Å². The van der Waals surface area contributed by atoms with E-state index in [0.29, 0.717) is 17.7 Å². The van der Waals surface area contributed by atoms with Crippen molar-refractivity contribution in [1.82, 2.24) is 4.31 Å². The third-order valence-electron chi connectivity index (χ3n) is 4.32. The first-order chi connectivity index (χ1) is 9.48. The lowest BCUT2D eigenvalue weighted by molar-refractivity contribution is -0.124. The number of hydrogen-bond acceptors (Lipinski definition) is 3. The summed E-state index contributed by atoms with van der Waals surface area (Å²) in [5, 5.41) is 0. The zero-order valence-electron chi connectivity index (χ0n) is 11.6. The van der Waals surface area contributed by atoms with Crippen LogP contribution in [0.15, 0.2) is 29.2 Å². The fraction of sp³-hybridized carbons (Fsp3) is 0.533. The van der Waals surface area contributed by atoms with E-state index in [-0.39, 0.29) is 17.9 Å². The number of carbonyl (C=O) groups excluding carboxylic acids is 1. The van der Waals surface area contributed by atoms with E-state index < -0.39 is 10.0 Å². The highest BCUT2D eigenvalue weighted by molar-refractivity contribution is 7.89. The highest BCUT2D eigenvalue weighted by Crippen LogP contribution is 2.36. The van der Waals surface area contributed by atoms with Gasteiger partial charge in [-0.15, -0.1) is 0 Å². The molecule has 2 unspecified atom stereocenters. The molecule has 3 rings (SSSR count). The van der Waals surface area contributed by atoms with Gasteiger partial charge in [-0.25, -0.2) is 8.42 Å². The smallest absolute Gasteiger partial charge is 0.243 e. The van der Waals surface area contributed by atoms with Crippen LogP contribution in [0.5, 0.6) is 0 Å². The first-order valence-electron chi connectivity index (χ1n) is 7.10. The Morgan fingerprint density at radius 3 is 2.15 bits per heavy atom. The maximum absolute atomic E-state index is 12.8. The summed E-state index contributed by atoms with van der Waals surface area (Å²) in [6.07, 6.45) is 3.37. The maximum Gasteiger partial charge on any atom is 0.243 e. The lowest BCUT2D eigenvalue weighted by Gasteiger charge is -2.44. The summed E-state index contributed by atoms with van der Waals surface area (Å²) in [4.78, 5) is 12.1. The third-order valence-corrected chi connectivity index (χ3v) is 6.34. The topological polar surface area (TPSA) is 54.5 Å². The second kappa shape index (κ2) is 4.97. The molecule has 4 nitrogen and oxygen atoms in total. The molecule has 0 saturated carbocycles. The Hall–Kier alpha value is -1.20. The standard InChI is InChI=1S/C15H19NO3S/c1-11-5-7-15(8-6-11)20(18,19)16-12-3-2-4-13(16)10-14(17)9-12/h5-8,12-13H,2-4,9-10H2,1H3. The number of sulfonamides is 1. The lowest BCUT2D eigenvalue weighted by atomic mass is 9.86. The summed E-state index contributed by atoms with van der Waals surface area (Å²) in [6.45, 7) is 1.94. The number of piperidine rings is 2. The number of hydrogen-bond donors (Lipinski definition) is 0. The van der Waals surface area contributed by atoms with Gasteiger partial charge in [0.05, 0.1) is 4.90 Å².